The molecule has 1 saturated heterocycles. The van der Waals surface area contributed by atoms with Gasteiger partial charge in [-0.3, -0.25) is 4.90 Å². The molecule has 1 aliphatic heterocycles. The Hall–Kier alpha value is -1.84. The molecule has 0 bridgehead atoms. The molecule has 2 aromatic carbocycles. The quantitative estimate of drug-likeness (QED) is 0.674. The number of nitrogens with zero attached hydrogens (tertiary/aromatic N) is 3. The average molecular weight is 340 g/mol. The van der Waals surface area contributed by atoms with Gasteiger partial charge in [0.2, 0.25) is 0 Å². The Bertz CT molecular complexity index is 835. The van der Waals surface area contributed by atoms with Crippen LogP contribution in [0.1, 0.15) is 37.2 Å². The van der Waals surface area contributed by atoms with Crippen molar-refractivity contribution in [1.82, 2.24) is 14.5 Å². The van der Waals surface area contributed by atoms with Crippen LogP contribution in [0.4, 0.5) is 0 Å². The highest BCUT2D eigenvalue weighted by atomic mass is 35.5. The van der Waals surface area contributed by atoms with Crippen molar-refractivity contribution in [3.63, 3.8) is 0 Å². The van der Waals surface area contributed by atoms with Crippen LogP contribution in [0.15, 0.2) is 48.5 Å². The molecule has 0 N–H and O–H groups in total. The normalized spacial score (nSPS) is 16.8. The highest BCUT2D eigenvalue weighted by Gasteiger charge is 2.24. The Labute approximate surface area is 147 Å². The second kappa shape index (κ2) is 6.58. The fourth-order valence-electron chi connectivity index (χ4n) is 3.66. The Morgan fingerprint density at radius 2 is 1.83 bits per heavy atom. The monoisotopic (exact) mass is 339 g/mol. The van der Waals surface area contributed by atoms with Crippen molar-refractivity contribution in [2.45, 2.75) is 32.4 Å². The van der Waals surface area contributed by atoms with Gasteiger partial charge < -0.3 is 4.57 Å². The zero-order valence-electron chi connectivity index (χ0n) is 14.0. The Kier molecular flexibility index (Phi) is 4.30. The maximum absolute atomic E-state index is 6.19. The first-order valence-corrected chi connectivity index (χ1v) is 9.04. The first-order valence-electron chi connectivity index (χ1n) is 8.66. The largest absolute Gasteiger partial charge is 0.322 e. The molecule has 1 fully saturated rings. The molecule has 24 heavy (non-hydrogen) atoms. The molecule has 2 heterocycles. The van der Waals surface area contributed by atoms with Crippen LogP contribution in [-0.2, 0) is 6.54 Å². The number of halogens is 1. The van der Waals surface area contributed by atoms with Crippen molar-refractivity contribution in [2.75, 3.05) is 13.1 Å². The lowest BCUT2D eigenvalue weighted by molar-refractivity contribution is 0.249. The van der Waals surface area contributed by atoms with E-state index in [4.69, 9.17) is 16.6 Å². The summed E-state index contributed by atoms with van der Waals surface area (Å²) in [5.41, 5.74) is 3.44. The smallest absolute Gasteiger partial charge is 0.127 e. The number of hydrogen-bond acceptors (Lipinski definition) is 2. The number of likely N-dealkylation sites (tertiary alicyclic amines) is 1. The summed E-state index contributed by atoms with van der Waals surface area (Å²) in [5, 5.41) is 0.743. The first kappa shape index (κ1) is 15.7. The van der Waals surface area contributed by atoms with E-state index in [0.29, 0.717) is 6.04 Å². The third-order valence-electron chi connectivity index (χ3n) is 4.99. The van der Waals surface area contributed by atoms with Crippen molar-refractivity contribution in [1.29, 1.82) is 0 Å². The van der Waals surface area contributed by atoms with E-state index < -0.39 is 0 Å². The lowest BCUT2D eigenvalue weighted by atomic mass is 10.2. The van der Waals surface area contributed by atoms with Crippen molar-refractivity contribution in [3.8, 4) is 0 Å². The summed E-state index contributed by atoms with van der Waals surface area (Å²) in [6, 6.07) is 16.9. The third kappa shape index (κ3) is 2.94. The molecular weight excluding hydrogens is 318 g/mol. The topological polar surface area (TPSA) is 21.1 Å². The van der Waals surface area contributed by atoms with E-state index in [0.717, 1.165) is 41.5 Å². The summed E-state index contributed by atoms with van der Waals surface area (Å²) < 4.78 is 2.35. The minimum atomic E-state index is 0.322. The van der Waals surface area contributed by atoms with Crippen LogP contribution in [0.2, 0.25) is 5.02 Å². The molecule has 1 aliphatic rings. The van der Waals surface area contributed by atoms with E-state index in [1.807, 2.05) is 12.1 Å². The molecule has 0 amide bonds. The second-order valence-electron chi connectivity index (χ2n) is 6.59. The number of fused-ring (bicyclic) bond motifs is 1. The van der Waals surface area contributed by atoms with E-state index in [9.17, 15) is 0 Å². The third-order valence-corrected chi connectivity index (χ3v) is 5.22. The molecule has 3 aromatic rings. The van der Waals surface area contributed by atoms with E-state index in [1.54, 1.807) is 0 Å². The fourth-order valence-corrected chi connectivity index (χ4v) is 3.83. The summed E-state index contributed by atoms with van der Waals surface area (Å²) in [6.07, 6.45) is 2.57. The van der Waals surface area contributed by atoms with Crippen molar-refractivity contribution in [3.05, 3.63) is 64.9 Å². The van der Waals surface area contributed by atoms with Gasteiger partial charge >= 0.3 is 0 Å². The predicted octanol–water partition coefficient (Wildman–Crippen LogP) is 4.89. The van der Waals surface area contributed by atoms with E-state index >= 15 is 0 Å². The number of rotatable bonds is 4. The number of benzene rings is 2. The van der Waals surface area contributed by atoms with Gasteiger partial charge in [-0.1, -0.05) is 41.9 Å². The molecule has 0 unspecified atom stereocenters. The van der Waals surface area contributed by atoms with Crippen LogP contribution in [0.5, 0.6) is 0 Å². The summed E-state index contributed by atoms with van der Waals surface area (Å²) in [4.78, 5) is 7.48. The molecule has 4 rings (SSSR count). The summed E-state index contributed by atoms with van der Waals surface area (Å²) in [6.45, 7) is 5.44. The van der Waals surface area contributed by atoms with Gasteiger partial charge in [0, 0.05) is 11.6 Å². The molecule has 4 heteroatoms. The minimum absolute atomic E-state index is 0.322. The molecule has 3 nitrogen and oxygen atoms in total. The van der Waals surface area contributed by atoms with Crippen molar-refractivity contribution >= 4 is 22.6 Å². The van der Waals surface area contributed by atoms with Gasteiger partial charge in [0.05, 0.1) is 17.1 Å². The Morgan fingerprint density at radius 3 is 2.58 bits per heavy atom. The second-order valence-corrected chi connectivity index (χ2v) is 7.03. The fraction of sp³-hybridized carbons (Fsp3) is 0.350. The highest BCUT2D eigenvalue weighted by molar-refractivity contribution is 6.31. The summed E-state index contributed by atoms with van der Waals surface area (Å²) >= 11 is 6.19. The van der Waals surface area contributed by atoms with Crippen LogP contribution >= 0.6 is 11.6 Å². The molecule has 1 aromatic heterocycles. The van der Waals surface area contributed by atoms with Crippen molar-refractivity contribution in [2.24, 2.45) is 0 Å². The highest BCUT2D eigenvalue weighted by Crippen LogP contribution is 2.29. The lowest BCUT2D eigenvalue weighted by Crippen LogP contribution is -2.26. The standard InChI is InChI=1S/C20H22ClN3/c1-15(23-11-5-6-12-23)20-22-18-13-17(21)9-10-19(18)24(20)14-16-7-3-2-4-8-16/h2-4,7-10,13,15H,5-6,11-12,14H2,1H3/t15-/m0/s1. The molecule has 1 atom stereocenters. The Morgan fingerprint density at radius 1 is 1.08 bits per heavy atom. The molecule has 0 saturated carbocycles. The van der Waals surface area contributed by atoms with Crippen molar-refractivity contribution < 1.29 is 0 Å². The Balaban J connectivity index is 1.80. The van der Waals surface area contributed by atoms with Crippen LogP contribution < -0.4 is 0 Å². The van der Waals surface area contributed by atoms with Crippen LogP contribution in [-0.4, -0.2) is 27.5 Å². The van der Waals surface area contributed by atoms with Gasteiger partial charge in [0.15, 0.2) is 0 Å². The van der Waals surface area contributed by atoms with Gasteiger partial charge in [0.1, 0.15) is 5.82 Å². The molecular formula is C20H22ClN3. The predicted molar refractivity (Wildman–Crippen MR) is 99.5 cm³/mol. The summed E-state index contributed by atoms with van der Waals surface area (Å²) in [5.74, 6) is 1.14. The van der Waals surface area contributed by atoms with E-state index in [2.05, 4.69) is 52.8 Å². The van der Waals surface area contributed by atoms with Crippen LogP contribution in [0, 0.1) is 0 Å². The SMILES string of the molecule is C[C@@H](c1nc2cc(Cl)ccc2n1Cc1ccccc1)N1CCCC1. The van der Waals surface area contributed by atoms with Gasteiger partial charge in [-0.2, -0.15) is 0 Å². The number of imidazole rings is 1. The maximum Gasteiger partial charge on any atom is 0.127 e. The minimum Gasteiger partial charge on any atom is -0.322 e. The van der Waals surface area contributed by atoms with Gasteiger partial charge in [-0.15, -0.1) is 0 Å². The number of aromatic nitrogens is 2. The molecule has 0 spiro atoms. The zero-order chi connectivity index (χ0) is 16.5. The molecule has 0 aliphatic carbocycles. The average Bonchev–Trinajstić information content (AvgIpc) is 3.23. The summed E-state index contributed by atoms with van der Waals surface area (Å²) in [7, 11) is 0. The van der Waals surface area contributed by atoms with Gasteiger partial charge in [0.25, 0.3) is 0 Å². The van der Waals surface area contributed by atoms with Crippen LogP contribution in [0.25, 0.3) is 11.0 Å². The van der Waals surface area contributed by atoms with E-state index in [-0.39, 0.29) is 0 Å². The van der Waals surface area contributed by atoms with Gasteiger partial charge in [-0.25, -0.2) is 4.98 Å². The zero-order valence-corrected chi connectivity index (χ0v) is 14.7. The molecule has 124 valence electrons. The first-order chi connectivity index (χ1) is 11.7. The number of hydrogen-bond donors (Lipinski definition) is 0. The van der Waals surface area contributed by atoms with Crippen LogP contribution in [0.3, 0.4) is 0 Å². The maximum atomic E-state index is 6.19. The van der Waals surface area contributed by atoms with Gasteiger partial charge in [-0.05, 0) is 56.6 Å². The van der Waals surface area contributed by atoms with E-state index in [1.165, 1.54) is 18.4 Å². The lowest BCUT2D eigenvalue weighted by Gasteiger charge is -2.24. The molecule has 0 radical (unpaired) electrons.